The van der Waals surface area contributed by atoms with Crippen LogP contribution in [0.2, 0.25) is 5.02 Å². The van der Waals surface area contributed by atoms with E-state index < -0.39 is 5.60 Å². The second kappa shape index (κ2) is 6.51. The first kappa shape index (κ1) is 16.3. The topological polar surface area (TPSA) is 20.2 Å². The van der Waals surface area contributed by atoms with Crippen molar-refractivity contribution in [1.29, 1.82) is 0 Å². The fraction of sp³-hybridized carbons (Fsp3) is 0.333. The molecule has 2 heteroatoms. The van der Waals surface area contributed by atoms with Crippen LogP contribution in [0.4, 0.5) is 0 Å². The van der Waals surface area contributed by atoms with Gasteiger partial charge in [-0.15, -0.1) is 0 Å². The molecule has 0 bridgehead atoms. The highest BCUT2D eigenvalue weighted by molar-refractivity contribution is 6.30. The van der Waals surface area contributed by atoms with Gasteiger partial charge in [0, 0.05) is 5.02 Å². The maximum atomic E-state index is 11.4. The van der Waals surface area contributed by atoms with E-state index in [9.17, 15) is 5.11 Å². The van der Waals surface area contributed by atoms with Gasteiger partial charge in [-0.2, -0.15) is 0 Å². The van der Waals surface area contributed by atoms with Gasteiger partial charge in [0.2, 0.25) is 0 Å². The van der Waals surface area contributed by atoms with Crippen molar-refractivity contribution in [3.63, 3.8) is 0 Å². The first-order valence-electron chi connectivity index (χ1n) is 8.30. The molecule has 1 saturated carbocycles. The second-order valence-corrected chi connectivity index (χ2v) is 6.97. The molecule has 23 heavy (non-hydrogen) atoms. The molecule has 1 aliphatic carbocycles. The summed E-state index contributed by atoms with van der Waals surface area (Å²) < 4.78 is 0. The Hall–Kier alpha value is -1.57. The standard InChI is InChI=1S/C21H23ClO/c1-3-16-12-13-21(23,15(2)14-16)20-7-5-4-6-19(20)17-8-10-18(22)11-9-17/h4-11,16,23H,2-3,12-14H2,1H3. The number of hydrogen-bond donors (Lipinski definition) is 1. The minimum Gasteiger partial charge on any atom is -0.381 e. The molecule has 2 aromatic carbocycles. The lowest BCUT2D eigenvalue weighted by molar-refractivity contribution is 0.0373. The van der Waals surface area contributed by atoms with Crippen LogP contribution in [-0.4, -0.2) is 5.11 Å². The average molecular weight is 327 g/mol. The van der Waals surface area contributed by atoms with E-state index in [1.165, 1.54) is 0 Å². The third-order valence-corrected chi connectivity index (χ3v) is 5.39. The van der Waals surface area contributed by atoms with E-state index in [-0.39, 0.29) is 0 Å². The van der Waals surface area contributed by atoms with Gasteiger partial charge < -0.3 is 5.11 Å². The quantitative estimate of drug-likeness (QED) is 0.690. The largest absolute Gasteiger partial charge is 0.381 e. The van der Waals surface area contributed by atoms with Gasteiger partial charge >= 0.3 is 0 Å². The zero-order valence-corrected chi connectivity index (χ0v) is 14.3. The van der Waals surface area contributed by atoms with Gasteiger partial charge in [0.05, 0.1) is 0 Å². The predicted molar refractivity (Wildman–Crippen MR) is 97.6 cm³/mol. The predicted octanol–water partition coefficient (Wildman–Crippen LogP) is 5.96. The van der Waals surface area contributed by atoms with Crippen molar-refractivity contribution in [2.24, 2.45) is 5.92 Å². The first-order valence-corrected chi connectivity index (χ1v) is 8.68. The van der Waals surface area contributed by atoms with E-state index in [1.807, 2.05) is 42.5 Å². The van der Waals surface area contributed by atoms with Gasteiger partial charge in [-0.3, -0.25) is 0 Å². The fourth-order valence-corrected chi connectivity index (χ4v) is 3.73. The van der Waals surface area contributed by atoms with Crippen LogP contribution in [0.3, 0.4) is 0 Å². The number of rotatable bonds is 3. The molecule has 1 aliphatic rings. The summed E-state index contributed by atoms with van der Waals surface area (Å²) in [7, 11) is 0. The molecule has 0 amide bonds. The first-order chi connectivity index (χ1) is 11.0. The van der Waals surface area contributed by atoms with Crippen LogP contribution in [-0.2, 0) is 5.60 Å². The Kier molecular flexibility index (Phi) is 4.61. The molecular formula is C21H23ClO. The minimum absolute atomic E-state index is 0.644. The van der Waals surface area contributed by atoms with Crippen LogP contribution >= 0.6 is 11.6 Å². The summed E-state index contributed by atoms with van der Waals surface area (Å²) >= 11 is 6.01. The van der Waals surface area contributed by atoms with Crippen LogP contribution < -0.4 is 0 Å². The highest BCUT2D eigenvalue weighted by atomic mass is 35.5. The molecule has 0 spiro atoms. The Morgan fingerprint density at radius 2 is 1.87 bits per heavy atom. The molecule has 0 heterocycles. The second-order valence-electron chi connectivity index (χ2n) is 6.53. The Morgan fingerprint density at radius 3 is 2.52 bits per heavy atom. The van der Waals surface area contributed by atoms with Crippen molar-refractivity contribution in [3.05, 3.63) is 71.3 Å². The van der Waals surface area contributed by atoms with Crippen molar-refractivity contribution in [2.45, 2.75) is 38.2 Å². The third kappa shape index (κ3) is 3.08. The van der Waals surface area contributed by atoms with Gasteiger partial charge in [-0.05, 0) is 59.6 Å². The molecule has 1 fully saturated rings. The summed E-state index contributed by atoms with van der Waals surface area (Å²) in [5.41, 5.74) is 3.10. The molecule has 0 saturated heterocycles. The van der Waals surface area contributed by atoms with Crippen molar-refractivity contribution in [1.82, 2.24) is 0 Å². The number of hydrogen-bond acceptors (Lipinski definition) is 1. The molecule has 2 atom stereocenters. The summed E-state index contributed by atoms with van der Waals surface area (Å²) in [6, 6.07) is 15.9. The Balaban J connectivity index is 2.03. The lowest BCUT2D eigenvalue weighted by atomic mass is 9.70. The van der Waals surface area contributed by atoms with E-state index in [4.69, 9.17) is 11.6 Å². The minimum atomic E-state index is -0.929. The molecule has 1 N–H and O–H groups in total. The lowest BCUT2D eigenvalue weighted by Crippen LogP contribution is -2.34. The summed E-state index contributed by atoms with van der Waals surface area (Å²) in [5, 5.41) is 12.1. The monoisotopic (exact) mass is 326 g/mol. The smallest absolute Gasteiger partial charge is 0.111 e. The number of halogens is 1. The molecule has 2 unspecified atom stereocenters. The van der Waals surface area contributed by atoms with E-state index in [1.54, 1.807) is 0 Å². The Labute approximate surface area is 143 Å². The van der Waals surface area contributed by atoms with E-state index in [2.05, 4.69) is 19.6 Å². The molecule has 1 nitrogen and oxygen atoms in total. The summed E-state index contributed by atoms with van der Waals surface area (Å²) in [5.74, 6) is 0.644. The number of aliphatic hydroxyl groups is 1. The van der Waals surface area contributed by atoms with Crippen LogP contribution in [0.25, 0.3) is 11.1 Å². The zero-order chi connectivity index (χ0) is 16.4. The normalized spacial score (nSPS) is 24.7. The molecule has 0 aromatic heterocycles. The highest BCUT2D eigenvalue weighted by Gasteiger charge is 2.38. The maximum absolute atomic E-state index is 11.4. The summed E-state index contributed by atoms with van der Waals surface area (Å²) in [6.07, 6.45) is 3.84. The molecule has 0 aliphatic heterocycles. The van der Waals surface area contributed by atoms with Crippen LogP contribution in [0, 0.1) is 5.92 Å². The van der Waals surface area contributed by atoms with Crippen molar-refractivity contribution >= 4 is 11.6 Å². The van der Waals surface area contributed by atoms with E-state index in [0.717, 1.165) is 53.0 Å². The molecule has 3 rings (SSSR count). The SMILES string of the molecule is C=C1CC(CC)CCC1(O)c1ccccc1-c1ccc(Cl)cc1. The fourth-order valence-electron chi connectivity index (χ4n) is 3.61. The summed E-state index contributed by atoms with van der Waals surface area (Å²) in [4.78, 5) is 0. The van der Waals surface area contributed by atoms with Gasteiger partial charge in [-0.25, -0.2) is 0 Å². The molecule has 0 radical (unpaired) electrons. The Bertz CT molecular complexity index is 704. The Morgan fingerprint density at radius 1 is 1.17 bits per heavy atom. The average Bonchev–Trinajstić information content (AvgIpc) is 2.58. The molecule has 2 aromatic rings. The van der Waals surface area contributed by atoms with Gasteiger partial charge in [-0.1, -0.05) is 67.9 Å². The van der Waals surface area contributed by atoms with Gasteiger partial charge in [0.15, 0.2) is 0 Å². The van der Waals surface area contributed by atoms with Crippen molar-refractivity contribution < 1.29 is 5.11 Å². The van der Waals surface area contributed by atoms with Crippen LogP contribution in [0.1, 0.15) is 38.2 Å². The zero-order valence-electron chi connectivity index (χ0n) is 13.6. The van der Waals surface area contributed by atoms with Crippen molar-refractivity contribution in [2.75, 3.05) is 0 Å². The highest BCUT2D eigenvalue weighted by Crippen LogP contribution is 2.46. The van der Waals surface area contributed by atoms with E-state index in [0.29, 0.717) is 5.92 Å². The number of benzene rings is 2. The third-order valence-electron chi connectivity index (χ3n) is 5.14. The van der Waals surface area contributed by atoms with Gasteiger partial charge in [0.25, 0.3) is 0 Å². The maximum Gasteiger partial charge on any atom is 0.111 e. The molecular weight excluding hydrogens is 304 g/mol. The van der Waals surface area contributed by atoms with Crippen LogP contribution in [0.5, 0.6) is 0 Å². The van der Waals surface area contributed by atoms with Crippen molar-refractivity contribution in [3.8, 4) is 11.1 Å². The van der Waals surface area contributed by atoms with Gasteiger partial charge in [0.1, 0.15) is 5.60 Å². The van der Waals surface area contributed by atoms with Crippen LogP contribution in [0.15, 0.2) is 60.7 Å². The lowest BCUT2D eigenvalue weighted by Gasteiger charge is -2.39. The molecule has 120 valence electrons. The van der Waals surface area contributed by atoms with E-state index >= 15 is 0 Å². The summed E-state index contributed by atoms with van der Waals surface area (Å²) in [6.45, 7) is 6.43.